The summed E-state index contributed by atoms with van der Waals surface area (Å²) in [4.78, 5) is 36.8. The van der Waals surface area contributed by atoms with Gasteiger partial charge in [-0.2, -0.15) is 0 Å². The van der Waals surface area contributed by atoms with Crippen LogP contribution in [0.25, 0.3) is 0 Å². The summed E-state index contributed by atoms with van der Waals surface area (Å²) in [6.45, 7) is 1.33. The number of halogens is 1. The first-order chi connectivity index (χ1) is 11.2. The number of hydrogen-bond acceptors (Lipinski definition) is 6. The van der Waals surface area contributed by atoms with Gasteiger partial charge in [0, 0.05) is 12.3 Å². The Hall–Kier alpha value is -2.28. The maximum absolute atomic E-state index is 13.7. The minimum absolute atomic E-state index is 0.245. The molecule has 1 aliphatic rings. The van der Waals surface area contributed by atoms with E-state index in [2.05, 4.69) is 4.74 Å². The van der Waals surface area contributed by atoms with Crippen LogP contribution in [-0.2, 0) is 23.9 Å². The van der Waals surface area contributed by atoms with Crippen LogP contribution in [0.3, 0.4) is 0 Å². The summed E-state index contributed by atoms with van der Waals surface area (Å²) in [7, 11) is 2.27. The molecule has 0 aliphatic heterocycles. The highest BCUT2D eigenvalue weighted by atomic mass is 19.1. The van der Waals surface area contributed by atoms with E-state index in [1.54, 1.807) is 0 Å². The zero-order valence-electron chi connectivity index (χ0n) is 13.6. The van der Waals surface area contributed by atoms with Crippen molar-refractivity contribution in [3.63, 3.8) is 0 Å². The highest BCUT2D eigenvalue weighted by Gasteiger charge is 2.56. The molecule has 0 bridgehead atoms. The van der Waals surface area contributed by atoms with E-state index in [9.17, 15) is 23.9 Å². The molecule has 0 heterocycles. The minimum Gasteiger partial charge on any atom is -0.469 e. The Kier molecular flexibility index (Phi) is 5.03. The van der Waals surface area contributed by atoms with E-state index in [0.29, 0.717) is 0 Å². The monoisotopic (exact) mass is 338 g/mol. The molecule has 1 aromatic rings. The van der Waals surface area contributed by atoms with Gasteiger partial charge in [-0.15, -0.1) is 0 Å². The number of esters is 2. The number of aliphatic hydroxyl groups is 1. The molecule has 0 saturated heterocycles. The van der Waals surface area contributed by atoms with Crippen LogP contribution >= 0.6 is 0 Å². The predicted molar refractivity (Wildman–Crippen MR) is 80.4 cm³/mol. The second kappa shape index (κ2) is 6.68. The van der Waals surface area contributed by atoms with Crippen LogP contribution in [0.15, 0.2) is 24.3 Å². The predicted octanol–water partition coefficient (Wildman–Crippen LogP) is 1.21. The highest BCUT2D eigenvalue weighted by Crippen LogP contribution is 2.46. The Balaban J connectivity index is 2.65. The summed E-state index contributed by atoms with van der Waals surface area (Å²) in [6, 6.07) is 5.23. The lowest BCUT2D eigenvalue weighted by Gasteiger charge is -2.43. The molecule has 1 N–H and O–H groups in total. The van der Waals surface area contributed by atoms with E-state index in [0.717, 1.165) is 20.3 Å². The Morgan fingerprint density at radius 3 is 2.42 bits per heavy atom. The van der Waals surface area contributed by atoms with Crippen LogP contribution in [0.5, 0.6) is 0 Å². The summed E-state index contributed by atoms with van der Waals surface area (Å²) >= 11 is 0. The number of methoxy groups -OCH3 is 2. The molecule has 0 amide bonds. The van der Waals surface area contributed by atoms with Crippen LogP contribution in [0.4, 0.5) is 4.39 Å². The van der Waals surface area contributed by atoms with Crippen molar-refractivity contribution in [3.05, 3.63) is 35.6 Å². The first-order valence-corrected chi connectivity index (χ1v) is 7.39. The Morgan fingerprint density at radius 1 is 1.25 bits per heavy atom. The number of hydrogen-bond donors (Lipinski definition) is 1. The van der Waals surface area contributed by atoms with E-state index in [1.165, 1.54) is 25.1 Å². The first-order valence-electron chi connectivity index (χ1n) is 7.39. The topological polar surface area (TPSA) is 89.9 Å². The summed E-state index contributed by atoms with van der Waals surface area (Å²) in [5, 5.41) is 10.6. The number of rotatable bonds is 3. The van der Waals surface area contributed by atoms with Crippen molar-refractivity contribution >= 4 is 17.7 Å². The summed E-state index contributed by atoms with van der Waals surface area (Å²) in [5.41, 5.74) is -1.49. The summed E-state index contributed by atoms with van der Waals surface area (Å²) in [5.74, 6) is -6.39. The average molecular weight is 338 g/mol. The van der Waals surface area contributed by atoms with Gasteiger partial charge in [0.25, 0.3) is 0 Å². The van der Waals surface area contributed by atoms with Crippen molar-refractivity contribution in [2.75, 3.05) is 14.2 Å². The van der Waals surface area contributed by atoms with E-state index >= 15 is 0 Å². The molecule has 0 aromatic heterocycles. The number of benzene rings is 1. The van der Waals surface area contributed by atoms with Crippen molar-refractivity contribution in [1.82, 2.24) is 0 Å². The van der Waals surface area contributed by atoms with Crippen molar-refractivity contribution < 1.29 is 33.4 Å². The zero-order chi connectivity index (χ0) is 18.1. The fourth-order valence-electron chi connectivity index (χ4n) is 3.38. The maximum atomic E-state index is 13.7. The molecule has 0 radical (unpaired) electrons. The molecule has 1 fully saturated rings. The third-order valence-corrected chi connectivity index (χ3v) is 4.41. The normalized spacial score (nSPS) is 29.9. The molecular weight excluding hydrogens is 319 g/mol. The Labute approximate surface area is 138 Å². The number of ether oxygens (including phenoxy) is 2. The minimum atomic E-state index is -1.73. The van der Waals surface area contributed by atoms with Crippen LogP contribution in [-0.4, -0.2) is 42.6 Å². The molecule has 0 spiro atoms. The zero-order valence-corrected chi connectivity index (χ0v) is 13.6. The summed E-state index contributed by atoms with van der Waals surface area (Å²) < 4.78 is 23.1. The Bertz CT molecular complexity index is 669. The number of carbonyl (C=O) groups excluding carboxylic acids is 3. The van der Waals surface area contributed by atoms with Crippen LogP contribution in [0.2, 0.25) is 0 Å². The van der Waals surface area contributed by atoms with Crippen molar-refractivity contribution in [3.8, 4) is 0 Å². The van der Waals surface area contributed by atoms with Gasteiger partial charge >= 0.3 is 11.9 Å². The molecule has 0 unspecified atom stereocenters. The van der Waals surface area contributed by atoms with E-state index in [4.69, 9.17) is 4.74 Å². The molecule has 2 rings (SSSR count). The third kappa shape index (κ3) is 3.17. The lowest BCUT2D eigenvalue weighted by molar-refractivity contribution is -0.170. The van der Waals surface area contributed by atoms with E-state index in [-0.39, 0.29) is 5.56 Å². The van der Waals surface area contributed by atoms with Crippen molar-refractivity contribution in [2.45, 2.75) is 24.9 Å². The Morgan fingerprint density at radius 2 is 1.88 bits per heavy atom. The quantitative estimate of drug-likeness (QED) is 0.658. The van der Waals surface area contributed by atoms with E-state index in [1.807, 2.05) is 0 Å². The molecule has 1 aromatic carbocycles. The molecule has 6 nitrogen and oxygen atoms in total. The van der Waals surface area contributed by atoms with Gasteiger partial charge in [-0.25, -0.2) is 4.39 Å². The smallest absolute Gasteiger partial charge is 0.316 e. The highest BCUT2D eigenvalue weighted by molar-refractivity contribution is 6.02. The van der Waals surface area contributed by atoms with Gasteiger partial charge in [0.1, 0.15) is 11.7 Å². The van der Waals surface area contributed by atoms with Gasteiger partial charge in [0.05, 0.1) is 25.7 Å². The molecule has 130 valence electrons. The molecular formula is C17H19FO6. The standard InChI is InChI=1S/C17H19FO6/c1-17(22)8-11(19)13(15(20)23-2)12(14(17)16(21)24-3)9-5-4-6-10(18)7-9/h4-7,12-14,22H,8H2,1-3H3/t12-,13+,14+,17+/m1/s1. The van der Waals surface area contributed by atoms with Gasteiger partial charge < -0.3 is 14.6 Å². The lowest BCUT2D eigenvalue weighted by Crippen LogP contribution is -2.55. The second-order valence-electron chi connectivity index (χ2n) is 6.08. The SMILES string of the molecule is COC(=O)[C@H]1C(=O)C[C@](C)(O)[C@H](C(=O)OC)[C@@H]1c1cccc(F)c1. The first kappa shape index (κ1) is 18.1. The van der Waals surface area contributed by atoms with Gasteiger partial charge in [-0.3, -0.25) is 14.4 Å². The average Bonchev–Trinajstić information content (AvgIpc) is 2.52. The number of ketones is 1. The molecule has 1 aliphatic carbocycles. The van der Waals surface area contributed by atoms with Crippen LogP contribution in [0, 0.1) is 17.7 Å². The molecule has 24 heavy (non-hydrogen) atoms. The van der Waals surface area contributed by atoms with E-state index < -0.39 is 53.3 Å². The largest absolute Gasteiger partial charge is 0.469 e. The van der Waals surface area contributed by atoms with Gasteiger partial charge in [-0.1, -0.05) is 12.1 Å². The molecule has 1 saturated carbocycles. The van der Waals surface area contributed by atoms with Gasteiger partial charge in [0.2, 0.25) is 0 Å². The summed E-state index contributed by atoms with van der Waals surface area (Å²) in [6.07, 6.45) is -0.404. The van der Waals surface area contributed by atoms with Crippen molar-refractivity contribution in [2.24, 2.45) is 11.8 Å². The number of Topliss-reactive ketones (excluding diaryl/α,β-unsaturated/α-hetero) is 1. The van der Waals surface area contributed by atoms with Gasteiger partial charge in [0.15, 0.2) is 5.78 Å². The number of carbonyl (C=O) groups is 3. The molecule has 4 atom stereocenters. The second-order valence-corrected chi connectivity index (χ2v) is 6.08. The van der Waals surface area contributed by atoms with Crippen molar-refractivity contribution in [1.29, 1.82) is 0 Å². The fraction of sp³-hybridized carbons (Fsp3) is 0.471. The van der Waals surface area contributed by atoms with Crippen LogP contribution < -0.4 is 0 Å². The molecule has 7 heteroatoms. The third-order valence-electron chi connectivity index (χ3n) is 4.41. The van der Waals surface area contributed by atoms with Gasteiger partial charge in [-0.05, 0) is 24.6 Å². The maximum Gasteiger partial charge on any atom is 0.316 e. The fourth-order valence-corrected chi connectivity index (χ4v) is 3.38. The van der Waals surface area contributed by atoms with Crippen LogP contribution in [0.1, 0.15) is 24.8 Å². The lowest BCUT2D eigenvalue weighted by atomic mass is 9.62.